The zero-order valence-electron chi connectivity index (χ0n) is 21.3. The number of ether oxygens (including phenoxy) is 2. The van der Waals surface area contributed by atoms with E-state index in [0.717, 1.165) is 21.6 Å². The molecule has 12 nitrogen and oxygen atoms in total. The molecular formula is C24H29N5O7S2. The molecule has 3 heterocycles. The number of amides is 1. The molecule has 1 aliphatic heterocycles. The molecule has 14 heteroatoms. The Kier molecular flexibility index (Phi) is 8.33. The molecule has 1 N–H and O–H groups in total. The number of thiophene rings is 1. The second kappa shape index (κ2) is 11.5. The quantitative estimate of drug-likeness (QED) is 0.377. The van der Waals surface area contributed by atoms with Gasteiger partial charge in [0.15, 0.2) is 0 Å². The molecule has 1 amide bonds. The number of aryl methyl sites for hydroxylation is 1. The summed E-state index contributed by atoms with van der Waals surface area (Å²) in [4.78, 5) is 44.0. The molecule has 0 unspecified atom stereocenters. The number of methoxy groups -OCH3 is 1. The van der Waals surface area contributed by atoms with E-state index in [1.165, 1.54) is 10.6 Å². The Labute approximate surface area is 223 Å². The largest absolute Gasteiger partial charge is 0.495 e. The summed E-state index contributed by atoms with van der Waals surface area (Å²) in [5, 5.41) is 2.34. The Hall–Kier alpha value is -3.49. The number of piperazine rings is 1. The minimum atomic E-state index is -4.02. The number of hydrogen-bond donors (Lipinski definition) is 1. The maximum atomic E-state index is 13.8. The Morgan fingerprint density at radius 2 is 1.87 bits per heavy atom. The highest BCUT2D eigenvalue weighted by Gasteiger charge is 2.34. The number of nitrogens with zero attached hydrogens (tertiary/aromatic N) is 4. The normalized spacial score (nSPS) is 14.4. The molecule has 1 aliphatic rings. The molecule has 4 rings (SSSR count). The second-order valence-electron chi connectivity index (χ2n) is 8.49. The number of para-hydroxylation sites is 2. The lowest BCUT2D eigenvalue weighted by molar-refractivity contribution is -0.143. The van der Waals surface area contributed by atoms with Gasteiger partial charge in [-0.25, -0.2) is 13.4 Å². The first-order chi connectivity index (χ1) is 18.2. The highest BCUT2D eigenvalue weighted by molar-refractivity contribution is 7.89. The summed E-state index contributed by atoms with van der Waals surface area (Å²) in [5.74, 6) is -0.499. The second-order valence-corrected chi connectivity index (χ2v) is 11.6. The van der Waals surface area contributed by atoms with Crippen molar-refractivity contribution in [3.05, 3.63) is 45.8 Å². The maximum Gasteiger partial charge on any atom is 0.325 e. The number of aromatic nitrogens is 2. The van der Waals surface area contributed by atoms with Crippen LogP contribution in [0.4, 0.5) is 5.69 Å². The van der Waals surface area contributed by atoms with Gasteiger partial charge in [0.25, 0.3) is 5.56 Å². The zero-order valence-corrected chi connectivity index (χ0v) is 22.9. The van der Waals surface area contributed by atoms with Crippen LogP contribution in [0.1, 0.15) is 11.8 Å². The Bertz CT molecular complexity index is 1510. The molecule has 0 atom stereocenters. The summed E-state index contributed by atoms with van der Waals surface area (Å²) in [6.45, 7) is 4.05. The van der Waals surface area contributed by atoms with Crippen molar-refractivity contribution in [2.75, 3.05) is 51.3 Å². The van der Waals surface area contributed by atoms with Crippen molar-refractivity contribution in [3.63, 3.8) is 0 Å². The van der Waals surface area contributed by atoms with E-state index in [4.69, 9.17) is 9.47 Å². The molecular weight excluding hydrogens is 534 g/mol. The predicted molar refractivity (Wildman–Crippen MR) is 142 cm³/mol. The van der Waals surface area contributed by atoms with Crippen molar-refractivity contribution in [1.29, 1.82) is 0 Å². The van der Waals surface area contributed by atoms with E-state index in [9.17, 15) is 22.8 Å². The van der Waals surface area contributed by atoms with E-state index in [1.807, 2.05) is 24.3 Å². The van der Waals surface area contributed by atoms with Crippen LogP contribution in [0.3, 0.4) is 0 Å². The van der Waals surface area contributed by atoms with Crippen molar-refractivity contribution in [2.45, 2.75) is 25.3 Å². The van der Waals surface area contributed by atoms with Crippen molar-refractivity contribution >= 4 is 49.1 Å². The average molecular weight is 564 g/mol. The van der Waals surface area contributed by atoms with Crippen LogP contribution in [0.5, 0.6) is 5.75 Å². The standard InChI is InChI=1S/C24H29N5O7S2/c1-4-36-20(31)13-25-19(30)14-28-15-26-23-21(24(28)32)22(16(2)37-23)38(33,34)29-11-9-27(10-12-29)17-7-5-6-8-18(17)35-3/h5-8,15H,4,9-14H2,1-3H3,(H,25,30). The molecule has 204 valence electrons. The van der Waals surface area contributed by atoms with Crippen LogP contribution < -0.4 is 20.5 Å². The first-order valence-electron chi connectivity index (χ1n) is 12.0. The van der Waals surface area contributed by atoms with E-state index in [2.05, 4.69) is 15.2 Å². The first kappa shape index (κ1) is 27.5. The summed E-state index contributed by atoms with van der Waals surface area (Å²) in [7, 11) is -2.43. The number of rotatable bonds is 9. The van der Waals surface area contributed by atoms with Gasteiger partial charge in [0.1, 0.15) is 28.6 Å². The number of fused-ring (bicyclic) bond motifs is 1. The Morgan fingerprint density at radius 1 is 1.16 bits per heavy atom. The van der Waals surface area contributed by atoms with E-state index in [-0.39, 0.29) is 41.4 Å². The van der Waals surface area contributed by atoms with Gasteiger partial charge >= 0.3 is 5.97 Å². The van der Waals surface area contributed by atoms with Gasteiger partial charge in [-0.05, 0) is 26.0 Å². The lowest BCUT2D eigenvalue weighted by Crippen LogP contribution is -2.49. The van der Waals surface area contributed by atoms with Gasteiger partial charge in [0.05, 0.1) is 31.1 Å². The van der Waals surface area contributed by atoms with E-state index < -0.39 is 34.0 Å². The number of benzene rings is 1. The molecule has 1 aromatic carbocycles. The topological polar surface area (TPSA) is 140 Å². The third-order valence-corrected chi connectivity index (χ3v) is 9.32. The minimum Gasteiger partial charge on any atom is -0.495 e. The number of anilines is 1. The highest BCUT2D eigenvalue weighted by atomic mass is 32.2. The van der Waals surface area contributed by atoms with E-state index in [1.54, 1.807) is 21.0 Å². The molecule has 0 radical (unpaired) electrons. The molecule has 0 spiro atoms. The van der Waals surface area contributed by atoms with Gasteiger partial charge in [-0.2, -0.15) is 4.31 Å². The van der Waals surface area contributed by atoms with Crippen molar-refractivity contribution < 1.29 is 27.5 Å². The Morgan fingerprint density at radius 3 is 2.55 bits per heavy atom. The fourth-order valence-electron chi connectivity index (χ4n) is 4.32. The summed E-state index contributed by atoms with van der Waals surface area (Å²) in [5.41, 5.74) is 0.245. The van der Waals surface area contributed by atoms with Gasteiger partial charge in [0, 0.05) is 31.1 Å². The van der Waals surface area contributed by atoms with Crippen LogP contribution in [-0.2, 0) is 30.9 Å². The maximum absolute atomic E-state index is 13.8. The van der Waals surface area contributed by atoms with Gasteiger partial charge in [-0.1, -0.05) is 12.1 Å². The fraction of sp³-hybridized carbons (Fsp3) is 0.417. The number of nitrogens with one attached hydrogen (secondary N) is 1. The number of carbonyl (C=O) groups excluding carboxylic acids is 2. The Balaban J connectivity index is 1.56. The number of hydrogen-bond acceptors (Lipinski definition) is 10. The lowest BCUT2D eigenvalue weighted by atomic mass is 10.2. The minimum absolute atomic E-state index is 0.0413. The van der Waals surface area contributed by atoms with Gasteiger partial charge < -0.3 is 19.7 Å². The predicted octanol–water partition coefficient (Wildman–Crippen LogP) is 0.965. The van der Waals surface area contributed by atoms with Crippen LogP contribution in [0, 0.1) is 6.92 Å². The number of carbonyl (C=O) groups is 2. The molecule has 1 saturated heterocycles. The van der Waals surface area contributed by atoms with Crippen LogP contribution in [-0.4, -0.2) is 80.6 Å². The van der Waals surface area contributed by atoms with E-state index in [0.29, 0.717) is 23.7 Å². The monoisotopic (exact) mass is 563 g/mol. The molecule has 0 aliphatic carbocycles. The van der Waals surface area contributed by atoms with Crippen molar-refractivity contribution in [2.24, 2.45) is 0 Å². The van der Waals surface area contributed by atoms with Crippen LogP contribution in [0.25, 0.3) is 10.2 Å². The third-order valence-electron chi connectivity index (χ3n) is 6.11. The number of sulfonamides is 1. The molecule has 3 aromatic rings. The third kappa shape index (κ3) is 5.51. The molecule has 1 fully saturated rings. The van der Waals surface area contributed by atoms with Gasteiger partial charge in [0.2, 0.25) is 15.9 Å². The van der Waals surface area contributed by atoms with Gasteiger partial charge in [-0.3, -0.25) is 19.0 Å². The smallest absolute Gasteiger partial charge is 0.325 e. The number of esters is 1. The van der Waals surface area contributed by atoms with Crippen LogP contribution in [0.2, 0.25) is 0 Å². The lowest BCUT2D eigenvalue weighted by Gasteiger charge is -2.35. The average Bonchev–Trinajstić information content (AvgIpc) is 3.26. The van der Waals surface area contributed by atoms with Gasteiger partial charge in [-0.15, -0.1) is 11.3 Å². The van der Waals surface area contributed by atoms with Crippen molar-refractivity contribution in [1.82, 2.24) is 19.2 Å². The fourth-order valence-corrected chi connectivity index (χ4v) is 7.41. The highest BCUT2D eigenvalue weighted by Crippen LogP contribution is 2.34. The van der Waals surface area contributed by atoms with Crippen molar-refractivity contribution in [3.8, 4) is 5.75 Å². The molecule has 2 aromatic heterocycles. The van der Waals surface area contributed by atoms with Crippen LogP contribution in [0.15, 0.2) is 40.3 Å². The summed E-state index contributed by atoms with van der Waals surface area (Å²) >= 11 is 1.11. The summed E-state index contributed by atoms with van der Waals surface area (Å²) < 4.78 is 40.1. The van der Waals surface area contributed by atoms with Crippen LogP contribution >= 0.6 is 11.3 Å². The molecule has 0 bridgehead atoms. The zero-order chi connectivity index (χ0) is 27.4. The first-order valence-corrected chi connectivity index (χ1v) is 14.2. The summed E-state index contributed by atoms with van der Waals surface area (Å²) in [6, 6.07) is 7.56. The van der Waals surface area contributed by atoms with E-state index >= 15 is 0 Å². The molecule has 0 saturated carbocycles. The SMILES string of the molecule is CCOC(=O)CNC(=O)Cn1cnc2sc(C)c(S(=O)(=O)N3CCN(c4ccccc4OC)CC3)c2c1=O. The molecule has 38 heavy (non-hydrogen) atoms. The summed E-state index contributed by atoms with van der Waals surface area (Å²) in [6.07, 6.45) is 1.20.